The summed E-state index contributed by atoms with van der Waals surface area (Å²) in [5.41, 5.74) is 1.28. The van der Waals surface area contributed by atoms with Crippen molar-refractivity contribution in [1.29, 1.82) is 0 Å². The van der Waals surface area contributed by atoms with Crippen LogP contribution in [0, 0.1) is 25.6 Å². The van der Waals surface area contributed by atoms with Crippen molar-refractivity contribution < 1.29 is 36.7 Å². The Labute approximate surface area is 304 Å². The summed E-state index contributed by atoms with van der Waals surface area (Å²) in [5.74, 6) is -3.44. The van der Waals surface area contributed by atoms with Gasteiger partial charge in [-0.05, 0) is 64.5 Å². The fourth-order valence-corrected chi connectivity index (χ4v) is 9.05. The minimum absolute atomic E-state index is 0.00725. The number of hydrogen-bond donors (Lipinski definition) is 3. The number of nitrogens with zero attached hydrogens (tertiary/aromatic N) is 4. The molecule has 3 fully saturated rings. The average molecular weight is 754 g/mol. The lowest BCUT2D eigenvalue weighted by Crippen LogP contribution is -2.58. The third-order valence-electron chi connectivity index (χ3n) is 10.2. The van der Waals surface area contributed by atoms with E-state index >= 15 is 0 Å². The van der Waals surface area contributed by atoms with Gasteiger partial charge in [0.2, 0.25) is 27.7 Å². The summed E-state index contributed by atoms with van der Waals surface area (Å²) in [6.45, 7) is 3.28. The van der Waals surface area contributed by atoms with E-state index in [1.807, 2.05) is 12.2 Å². The number of benzene rings is 1. The normalized spacial score (nSPS) is 26.8. The van der Waals surface area contributed by atoms with Crippen LogP contribution in [-0.2, 0) is 24.4 Å². The Morgan fingerprint density at radius 2 is 1.90 bits per heavy atom. The van der Waals surface area contributed by atoms with Crippen molar-refractivity contribution >= 4 is 56.0 Å². The highest BCUT2D eigenvalue weighted by Gasteiger charge is 2.62. The third kappa shape index (κ3) is 7.24. The number of ether oxygens (including phenoxy) is 1. The molecule has 5 unspecified atom stereocenters. The molecule has 1 saturated heterocycles. The van der Waals surface area contributed by atoms with Gasteiger partial charge in [0, 0.05) is 12.3 Å². The van der Waals surface area contributed by atoms with E-state index < -0.39 is 74.4 Å². The quantitative estimate of drug-likeness (QED) is 0.303. The molecule has 5 atom stereocenters. The molecule has 2 aromatic heterocycles. The Balaban J connectivity index is 1.20. The van der Waals surface area contributed by atoms with Crippen LogP contribution in [0.2, 0.25) is 0 Å². The first-order chi connectivity index (χ1) is 24.9. The number of rotatable bonds is 7. The van der Waals surface area contributed by atoms with Gasteiger partial charge in [-0.25, -0.2) is 27.8 Å². The Morgan fingerprint density at radius 1 is 1.10 bits per heavy atom. The zero-order chi connectivity index (χ0) is 36.8. The first-order valence-corrected chi connectivity index (χ1v) is 19.9. The molecule has 3 N–H and O–H groups in total. The Morgan fingerprint density at radius 3 is 2.65 bits per heavy atom. The van der Waals surface area contributed by atoms with Gasteiger partial charge in [-0.2, -0.15) is 0 Å². The lowest BCUT2D eigenvalue weighted by Gasteiger charge is -2.30. The molecule has 2 saturated carbocycles. The number of aryl methyl sites for hydroxylation is 2. The molecule has 2 aliphatic carbocycles. The first kappa shape index (κ1) is 35.9. The molecular formula is C35H40FN7O7S2. The van der Waals surface area contributed by atoms with Crippen molar-refractivity contribution in [3.63, 3.8) is 0 Å². The molecule has 0 bridgehead atoms. The van der Waals surface area contributed by atoms with E-state index in [9.17, 15) is 32.0 Å². The van der Waals surface area contributed by atoms with Gasteiger partial charge >= 0.3 is 0 Å². The zero-order valence-electron chi connectivity index (χ0n) is 28.8. The number of nitrogens with one attached hydrogen (secondary N) is 3. The molecule has 52 heavy (non-hydrogen) atoms. The molecule has 4 amide bonds. The molecule has 4 aliphatic rings. The number of aromatic nitrogens is 3. The van der Waals surface area contributed by atoms with Gasteiger partial charge in [-0.15, -0.1) is 11.3 Å². The summed E-state index contributed by atoms with van der Waals surface area (Å²) in [5, 5.41) is 5.07. The lowest BCUT2D eigenvalue weighted by atomic mass is 10.0. The fourth-order valence-electron chi connectivity index (χ4n) is 6.98. The van der Waals surface area contributed by atoms with Gasteiger partial charge in [-0.3, -0.25) is 23.9 Å². The molecule has 0 radical (unpaired) electrons. The van der Waals surface area contributed by atoms with Crippen LogP contribution >= 0.6 is 11.3 Å². The van der Waals surface area contributed by atoms with Crippen LogP contribution in [0.1, 0.15) is 78.8 Å². The predicted molar refractivity (Wildman–Crippen MR) is 188 cm³/mol. The fraction of sp³-hybridized carbons (Fsp3) is 0.514. The van der Waals surface area contributed by atoms with Crippen LogP contribution in [0.3, 0.4) is 0 Å². The van der Waals surface area contributed by atoms with Gasteiger partial charge in [0.25, 0.3) is 11.8 Å². The maximum Gasteiger partial charge on any atom is 0.263 e. The molecule has 2 aliphatic heterocycles. The smallest absolute Gasteiger partial charge is 0.263 e. The van der Waals surface area contributed by atoms with Crippen molar-refractivity contribution in [2.24, 2.45) is 5.92 Å². The largest absolute Gasteiger partial charge is 0.471 e. The second-order valence-electron chi connectivity index (χ2n) is 14.0. The summed E-state index contributed by atoms with van der Waals surface area (Å²) < 4.78 is 48.7. The highest BCUT2D eigenvalue weighted by Crippen LogP contribution is 2.46. The summed E-state index contributed by atoms with van der Waals surface area (Å²) in [7, 11) is -3.91. The maximum absolute atomic E-state index is 14.7. The average Bonchev–Trinajstić information content (AvgIpc) is 3.99. The van der Waals surface area contributed by atoms with Crippen LogP contribution in [-0.4, -0.2) is 87.4 Å². The first-order valence-electron chi connectivity index (χ1n) is 17.5. The van der Waals surface area contributed by atoms with Gasteiger partial charge in [0.1, 0.15) is 39.8 Å². The molecule has 14 nitrogen and oxygen atoms in total. The Hall–Kier alpha value is -4.51. The highest BCUT2D eigenvalue weighted by atomic mass is 32.2. The Bertz CT molecular complexity index is 2070. The summed E-state index contributed by atoms with van der Waals surface area (Å²) in [6.07, 6.45) is 7.19. The number of fused-ring (bicyclic) bond motifs is 3. The van der Waals surface area contributed by atoms with Gasteiger partial charge < -0.3 is 20.3 Å². The predicted octanol–water partition coefficient (Wildman–Crippen LogP) is 2.99. The van der Waals surface area contributed by atoms with Crippen LogP contribution in [0.5, 0.6) is 5.88 Å². The van der Waals surface area contributed by atoms with E-state index in [4.69, 9.17) is 4.74 Å². The SMILES string of the molecule is Cc1nc2cccc(F)c2nc1OC1CC2C(=O)NC3(C(=O)NS(=O)(=O)C4CC4)CC3C=CCCCCCC(NC(=O)c3scnc3C)C(=O)N2C1. The van der Waals surface area contributed by atoms with Gasteiger partial charge in [0.15, 0.2) is 5.82 Å². The molecule has 4 heterocycles. The van der Waals surface area contributed by atoms with Gasteiger partial charge in [0.05, 0.1) is 28.5 Å². The number of carbonyl (C=O) groups excluding carboxylic acids is 4. The summed E-state index contributed by atoms with van der Waals surface area (Å²) in [6, 6.07) is 2.26. The molecule has 7 rings (SSSR count). The van der Waals surface area contributed by atoms with Gasteiger partial charge in [-0.1, -0.05) is 31.1 Å². The lowest BCUT2D eigenvalue weighted by molar-refractivity contribution is -0.141. The van der Waals surface area contributed by atoms with Crippen molar-refractivity contribution in [3.05, 3.63) is 57.9 Å². The van der Waals surface area contributed by atoms with E-state index in [1.54, 1.807) is 25.4 Å². The standard InChI is InChI=1S/C35H40FN7O7S2/c1-19-29(51-18-37-19)31(45)39-26-11-7-5-3-4-6-9-21-16-35(21,34(47)42-52(48,49)23-13-14-23)41-30(44)27-15-22(17-43(27)33(26)46)50-32-20(2)38-25-12-8-10-24(36)28(25)40-32/h6,8-10,12,18,21-23,26-27H,3-5,7,11,13-17H2,1-2H3,(H,39,45)(H,41,44)(H,42,47). The second kappa shape index (κ2) is 14.1. The number of allylic oxidation sites excluding steroid dienone is 1. The van der Waals surface area contributed by atoms with Crippen molar-refractivity contribution in [2.75, 3.05) is 6.54 Å². The van der Waals surface area contributed by atoms with E-state index in [1.165, 1.54) is 17.0 Å². The van der Waals surface area contributed by atoms with E-state index in [0.717, 1.165) is 24.2 Å². The maximum atomic E-state index is 14.7. The molecule has 1 aromatic carbocycles. The minimum Gasteiger partial charge on any atom is -0.471 e. The summed E-state index contributed by atoms with van der Waals surface area (Å²) in [4.78, 5) is 70.5. The number of para-hydroxylation sites is 1. The van der Waals surface area contributed by atoms with Crippen LogP contribution in [0.15, 0.2) is 35.9 Å². The number of amides is 4. The second-order valence-corrected chi connectivity index (χ2v) is 16.8. The Kier molecular flexibility index (Phi) is 9.75. The van der Waals surface area contributed by atoms with Crippen LogP contribution in [0.25, 0.3) is 11.0 Å². The molecular weight excluding hydrogens is 714 g/mol. The van der Waals surface area contributed by atoms with Crippen molar-refractivity contribution in [2.45, 2.75) is 101 Å². The number of thiazole rings is 1. The third-order valence-corrected chi connectivity index (χ3v) is 12.9. The highest BCUT2D eigenvalue weighted by molar-refractivity contribution is 7.91. The van der Waals surface area contributed by atoms with Crippen molar-refractivity contribution in [1.82, 2.24) is 35.2 Å². The number of carbonyl (C=O) groups is 4. The molecule has 17 heteroatoms. The molecule has 3 aromatic rings. The van der Waals surface area contributed by atoms with Crippen molar-refractivity contribution in [3.8, 4) is 5.88 Å². The number of halogens is 1. The van der Waals surface area contributed by atoms with E-state index in [0.29, 0.717) is 53.9 Å². The summed E-state index contributed by atoms with van der Waals surface area (Å²) >= 11 is 1.16. The van der Waals surface area contributed by atoms with E-state index in [2.05, 4.69) is 30.3 Å². The number of hydrogen-bond acceptors (Lipinski definition) is 11. The molecule has 0 spiro atoms. The van der Waals surface area contributed by atoms with E-state index in [-0.39, 0.29) is 30.8 Å². The zero-order valence-corrected chi connectivity index (χ0v) is 30.4. The number of sulfonamides is 1. The topological polar surface area (TPSA) is 190 Å². The monoisotopic (exact) mass is 753 g/mol. The minimum atomic E-state index is -3.91. The molecule has 276 valence electrons. The van der Waals surface area contributed by atoms with Crippen LogP contribution in [0.4, 0.5) is 4.39 Å². The van der Waals surface area contributed by atoms with Crippen LogP contribution < -0.4 is 20.1 Å².